The SMILES string of the molecule is COC(=O)c1nc(OC(C)C)c([N+](=O)[O-])cc1C. The number of aromatic nitrogens is 1. The molecule has 0 fully saturated rings. The van der Waals surface area contributed by atoms with Gasteiger partial charge in [0, 0.05) is 6.07 Å². The molecule has 98 valence electrons. The summed E-state index contributed by atoms with van der Waals surface area (Å²) in [5.74, 6) is -0.836. The smallest absolute Gasteiger partial charge is 0.357 e. The van der Waals surface area contributed by atoms with Gasteiger partial charge in [-0.05, 0) is 26.3 Å². The number of ether oxygens (including phenoxy) is 2. The van der Waals surface area contributed by atoms with Gasteiger partial charge in [0.05, 0.1) is 18.1 Å². The quantitative estimate of drug-likeness (QED) is 0.462. The maximum absolute atomic E-state index is 11.4. The maximum atomic E-state index is 11.4. The molecule has 7 heteroatoms. The molecule has 1 aromatic heterocycles. The highest BCUT2D eigenvalue weighted by Crippen LogP contribution is 2.28. The van der Waals surface area contributed by atoms with E-state index >= 15 is 0 Å². The first kappa shape index (κ1) is 13.9. The highest BCUT2D eigenvalue weighted by Gasteiger charge is 2.23. The van der Waals surface area contributed by atoms with Gasteiger partial charge in [0.15, 0.2) is 5.69 Å². The number of aryl methyl sites for hydroxylation is 1. The lowest BCUT2D eigenvalue weighted by molar-refractivity contribution is -0.386. The zero-order valence-electron chi connectivity index (χ0n) is 10.6. The molecule has 0 saturated carbocycles. The van der Waals surface area contributed by atoms with Crippen LogP contribution in [0.4, 0.5) is 5.69 Å². The van der Waals surface area contributed by atoms with Gasteiger partial charge >= 0.3 is 11.7 Å². The van der Waals surface area contributed by atoms with Crippen molar-refractivity contribution in [2.45, 2.75) is 26.9 Å². The fourth-order valence-corrected chi connectivity index (χ4v) is 1.33. The van der Waals surface area contributed by atoms with Gasteiger partial charge in [-0.3, -0.25) is 10.1 Å². The Kier molecular flexibility index (Phi) is 4.19. The number of esters is 1. The Morgan fingerprint density at radius 1 is 1.50 bits per heavy atom. The highest BCUT2D eigenvalue weighted by atomic mass is 16.6. The Morgan fingerprint density at radius 2 is 2.11 bits per heavy atom. The Hall–Kier alpha value is -2.18. The molecule has 0 aliphatic heterocycles. The number of methoxy groups -OCH3 is 1. The van der Waals surface area contributed by atoms with E-state index in [1.807, 2.05) is 0 Å². The summed E-state index contributed by atoms with van der Waals surface area (Å²) >= 11 is 0. The van der Waals surface area contributed by atoms with Crippen molar-refractivity contribution in [2.24, 2.45) is 0 Å². The van der Waals surface area contributed by atoms with Crippen molar-refractivity contribution >= 4 is 11.7 Å². The van der Waals surface area contributed by atoms with E-state index in [1.54, 1.807) is 20.8 Å². The Morgan fingerprint density at radius 3 is 2.56 bits per heavy atom. The van der Waals surface area contributed by atoms with E-state index in [9.17, 15) is 14.9 Å². The van der Waals surface area contributed by atoms with Crippen molar-refractivity contribution in [2.75, 3.05) is 7.11 Å². The number of carbonyl (C=O) groups is 1. The fourth-order valence-electron chi connectivity index (χ4n) is 1.33. The number of hydrogen-bond acceptors (Lipinski definition) is 6. The minimum atomic E-state index is -0.656. The number of rotatable bonds is 4. The molecule has 0 aromatic carbocycles. The Balaban J connectivity index is 3.35. The third kappa shape index (κ3) is 2.93. The van der Waals surface area contributed by atoms with Gasteiger partial charge in [-0.25, -0.2) is 4.79 Å². The Labute approximate surface area is 104 Å². The summed E-state index contributed by atoms with van der Waals surface area (Å²) in [6.07, 6.45) is -0.288. The summed E-state index contributed by atoms with van der Waals surface area (Å²) in [5.41, 5.74) is 0.109. The largest absolute Gasteiger partial charge is 0.470 e. The second-order valence-electron chi connectivity index (χ2n) is 3.89. The zero-order chi connectivity index (χ0) is 13.9. The first-order chi connectivity index (χ1) is 8.36. The van der Waals surface area contributed by atoms with Crippen molar-refractivity contribution in [1.29, 1.82) is 0 Å². The predicted molar refractivity (Wildman–Crippen MR) is 62.7 cm³/mol. The summed E-state index contributed by atoms with van der Waals surface area (Å²) in [4.78, 5) is 25.6. The number of carbonyl (C=O) groups excluding carboxylic acids is 1. The number of hydrogen-bond donors (Lipinski definition) is 0. The van der Waals surface area contributed by atoms with Crippen LogP contribution in [0.3, 0.4) is 0 Å². The number of nitro groups is 1. The predicted octanol–water partition coefficient (Wildman–Crippen LogP) is 1.87. The molecule has 0 amide bonds. The number of pyridine rings is 1. The van der Waals surface area contributed by atoms with Crippen LogP contribution in [0.25, 0.3) is 0 Å². The molecule has 1 heterocycles. The average Bonchev–Trinajstić information content (AvgIpc) is 2.29. The summed E-state index contributed by atoms with van der Waals surface area (Å²) < 4.78 is 9.79. The zero-order valence-corrected chi connectivity index (χ0v) is 10.6. The van der Waals surface area contributed by atoms with Gasteiger partial charge in [-0.15, -0.1) is 0 Å². The molecule has 7 nitrogen and oxygen atoms in total. The molecule has 0 unspecified atom stereocenters. The molecule has 0 radical (unpaired) electrons. The molecule has 0 spiro atoms. The third-order valence-corrected chi connectivity index (χ3v) is 2.08. The van der Waals surface area contributed by atoms with Crippen LogP contribution in [0.2, 0.25) is 0 Å². The normalized spacial score (nSPS) is 10.3. The second kappa shape index (κ2) is 5.44. The molecular formula is C11H14N2O5. The minimum absolute atomic E-state index is 0.0127. The number of nitrogens with zero attached hydrogens (tertiary/aromatic N) is 2. The standard InChI is InChI=1S/C11H14N2O5/c1-6(2)18-10-8(13(15)16)5-7(3)9(12-10)11(14)17-4/h5-6H,1-4H3. The van der Waals surface area contributed by atoms with Crippen LogP contribution >= 0.6 is 0 Å². The van der Waals surface area contributed by atoms with E-state index in [2.05, 4.69) is 9.72 Å². The van der Waals surface area contributed by atoms with Crippen molar-refractivity contribution in [3.8, 4) is 5.88 Å². The average molecular weight is 254 g/mol. The van der Waals surface area contributed by atoms with E-state index in [0.29, 0.717) is 5.56 Å². The van der Waals surface area contributed by atoms with Gasteiger partial charge in [-0.1, -0.05) is 0 Å². The summed E-state index contributed by atoms with van der Waals surface area (Å²) in [5, 5.41) is 10.9. The lowest BCUT2D eigenvalue weighted by Gasteiger charge is -2.11. The molecular weight excluding hydrogens is 240 g/mol. The second-order valence-corrected chi connectivity index (χ2v) is 3.89. The molecule has 0 bridgehead atoms. The van der Waals surface area contributed by atoms with Gasteiger partial charge < -0.3 is 9.47 Å². The van der Waals surface area contributed by atoms with Crippen LogP contribution in [-0.4, -0.2) is 29.1 Å². The summed E-state index contributed by atoms with van der Waals surface area (Å²) in [6, 6.07) is 1.25. The van der Waals surface area contributed by atoms with Crippen molar-refractivity contribution < 1.29 is 19.2 Å². The van der Waals surface area contributed by atoms with Gasteiger partial charge in [-0.2, -0.15) is 4.98 Å². The van der Waals surface area contributed by atoms with Gasteiger partial charge in [0.25, 0.3) is 5.88 Å². The van der Waals surface area contributed by atoms with Crippen LogP contribution in [0.5, 0.6) is 5.88 Å². The third-order valence-electron chi connectivity index (χ3n) is 2.08. The lowest BCUT2D eigenvalue weighted by Crippen LogP contribution is -2.13. The molecule has 18 heavy (non-hydrogen) atoms. The summed E-state index contributed by atoms with van der Waals surface area (Å²) in [7, 11) is 1.22. The Bertz CT molecular complexity index is 485. The molecule has 0 aliphatic carbocycles. The van der Waals surface area contributed by atoms with Crippen molar-refractivity contribution in [3.05, 3.63) is 27.4 Å². The first-order valence-electron chi connectivity index (χ1n) is 5.27. The van der Waals surface area contributed by atoms with E-state index in [4.69, 9.17) is 4.74 Å². The van der Waals surface area contributed by atoms with Crippen LogP contribution < -0.4 is 4.74 Å². The van der Waals surface area contributed by atoms with Crippen molar-refractivity contribution in [3.63, 3.8) is 0 Å². The fraction of sp³-hybridized carbons (Fsp3) is 0.455. The van der Waals surface area contributed by atoms with Crippen LogP contribution in [0, 0.1) is 17.0 Å². The minimum Gasteiger partial charge on any atom is -0.470 e. The van der Waals surface area contributed by atoms with Crippen LogP contribution in [0.15, 0.2) is 6.07 Å². The molecule has 0 atom stereocenters. The van der Waals surface area contributed by atoms with E-state index in [0.717, 1.165) is 0 Å². The van der Waals surface area contributed by atoms with E-state index < -0.39 is 10.9 Å². The molecule has 0 aliphatic rings. The van der Waals surface area contributed by atoms with Crippen LogP contribution in [0.1, 0.15) is 29.9 Å². The molecule has 0 saturated heterocycles. The summed E-state index contributed by atoms with van der Waals surface area (Å²) in [6.45, 7) is 4.97. The van der Waals surface area contributed by atoms with Gasteiger partial charge in [0.2, 0.25) is 0 Å². The van der Waals surface area contributed by atoms with E-state index in [1.165, 1.54) is 13.2 Å². The first-order valence-corrected chi connectivity index (χ1v) is 5.27. The molecule has 0 N–H and O–H groups in total. The maximum Gasteiger partial charge on any atom is 0.357 e. The molecule has 1 aromatic rings. The highest BCUT2D eigenvalue weighted by molar-refractivity contribution is 5.89. The molecule has 1 rings (SSSR count). The van der Waals surface area contributed by atoms with Crippen molar-refractivity contribution in [1.82, 2.24) is 4.98 Å². The topological polar surface area (TPSA) is 91.6 Å². The van der Waals surface area contributed by atoms with Crippen LogP contribution in [-0.2, 0) is 4.74 Å². The lowest BCUT2D eigenvalue weighted by atomic mass is 10.2. The van der Waals surface area contributed by atoms with E-state index in [-0.39, 0.29) is 23.4 Å². The van der Waals surface area contributed by atoms with Gasteiger partial charge in [0.1, 0.15) is 0 Å². The monoisotopic (exact) mass is 254 g/mol.